The average molecular weight is 409 g/mol. The van der Waals surface area contributed by atoms with E-state index in [0.717, 1.165) is 19.5 Å². The summed E-state index contributed by atoms with van der Waals surface area (Å²) < 4.78 is 0. The maximum absolute atomic E-state index is 11.5. The van der Waals surface area contributed by atoms with E-state index < -0.39 is 0 Å². The van der Waals surface area contributed by atoms with Crippen LogP contribution in [0.3, 0.4) is 0 Å². The summed E-state index contributed by atoms with van der Waals surface area (Å²) in [5, 5.41) is 3.54. The largest absolute Gasteiger partial charge is 0.367 e. The molecule has 6 rings (SSSR count). The molecule has 1 N–H and O–H groups in total. The van der Waals surface area contributed by atoms with Gasteiger partial charge in [-0.15, -0.1) is 0 Å². The van der Waals surface area contributed by atoms with Crippen LogP contribution in [0.2, 0.25) is 0 Å². The molecule has 5 heterocycles. The second-order valence-corrected chi connectivity index (χ2v) is 10.5. The number of anilines is 1. The molecule has 5 heteroatoms. The molecule has 5 nitrogen and oxygen atoms in total. The number of para-hydroxylation sites is 1. The van der Waals surface area contributed by atoms with Gasteiger partial charge in [-0.25, -0.2) is 0 Å². The number of carbonyl (C=O) groups excluding carboxylic acids is 1. The molecule has 4 saturated heterocycles. The van der Waals surface area contributed by atoms with E-state index in [1.165, 1.54) is 76.7 Å². The highest BCUT2D eigenvalue weighted by Crippen LogP contribution is 2.49. The summed E-state index contributed by atoms with van der Waals surface area (Å²) in [5.41, 5.74) is 3.50. The Balaban J connectivity index is 1.17. The van der Waals surface area contributed by atoms with Gasteiger partial charge < -0.3 is 20.0 Å². The first kappa shape index (κ1) is 19.1. The van der Waals surface area contributed by atoms with Crippen molar-refractivity contribution >= 4 is 12.1 Å². The molecule has 4 fully saturated rings. The zero-order valence-corrected chi connectivity index (χ0v) is 18.1. The monoisotopic (exact) mass is 408 g/mol. The van der Waals surface area contributed by atoms with Crippen LogP contribution >= 0.6 is 0 Å². The summed E-state index contributed by atoms with van der Waals surface area (Å²) in [6.07, 6.45) is 11.1. The van der Waals surface area contributed by atoms with Gasteiger partial charge in [0.1, 0.15) is 0 Å². The number of nitrogens with zero attached hydrogens (tertiary/aromatic N) is 3. The summed E-state index contributed by atoms with van der Waals surface area (Å²) >= 11 is 0. The van der Waals surface area contributed by atoms with Crippen molar-refractivity contribution in [3.05, 3.63) is 29.8 Å². The molecule has 162 valence electrons. The molecule has 0 radical (unpaired) electrons. The van der Waals surface area contributed by atoms with E-state index in [4.69, 9.17) is 0 Å². The quantitative estimate of drug-likeness (QED) is 0.781. The number of rotatable bonds is 3. The third-order valence-corrected chi connectivity index (χ3v) is 9.17. The molecular formula is C25H36N4O. The average Bonchev–Trinajstić information content (AvgIpc) is 3.25. The van der Waals surface area contributed by atoms with Gasteiger partial charge in [0.15, 0.2) is 0 Å². The molecule has 5 aliphatic heterocycles. The number of carbonyl (C=O) groups is 1. The lowest BCUT2D eigenvalue weighted by molar-refractivity contribution is -0.123. The van der Waals surface area contributed by atoms with Gasteiger partial charge in [0.2, 0.25) is 6.41 Å². The molecule has 1 aromatic carbocycles. The van der Waals surface area contributed by atoms with E-state index in [9.17, 15) is 4.79 Å². The van der Waals surface area contributed by atoms with Gasteiger partial charge in [-0.2, -0.15) is 0 Å². The second kappa shape index (κ2) is 7.52. The fourth-order valence-corrected chi connectivity index (χ4v) is 7.51. The third-order valence-electron chi connectivity index (χ3n) is 9.17. The maximum Gasteiger partial charge on any atom is 0.210 e. The standard InChI is InChI=1S/C25H36N4O/c30-18-29-20-5-6-21(29)16-22(15-20)27-13-9-25(10-14-27)17-28(19-7-11-26-12-8-19)24-4-2-1-3-23(24)25/h1-4,18-22,26H,5-17H2. The predicted octanol–water partition coefficient (Wildman–Crippen LogP) is 2.74. The predicted molar refractivity (Wildman–Crippen MR) is 120 cm³/mol. The Morgan fingerprint density at radius 3 is 2.30 bits per heavy atom. The zero-order valence-electron chi connectivity index (χ0n) is 18.1. The molecule has 1 amide bonds. The first-order chi connectivity index (χ1) is 14.8. The fraction of sp³-hybridized carbons (Fsp3) is 0.720. The molecule has 0 aliphatic carbocycles. The molecule has 1 spiro atoms. The first-order valence-corrected chi connectivity index (χ1v) is 12.3. The van der Waals surface area contributed by atoms with Gasteiger partial charge in [0.25, 0.3) is 0 Å². The van der Waals surface area contributed by atoms with Crippen molar-refractivity contribution in [2.75, 3.05) is 37.6 Å². The number of fused-ring (bicyclic) bond motifs is 4. The Morgan fingerprint density at radius 1 is 0.900 bits per heavy atom. The Bertz CT molecular complexity index is 769. The number of hydrogen-bond acceptors (Lipinski definition) is 4. The molecule has 2 unspecified atom stereocenters. The molecular weight excluding hydrogens is 372 g/mol. The normalized spacial score (nSPS) is 33.8. The summed E-state index contributed by atoms with van der Waals surface area (Å²) in [4.78, 5) is 19.1. The summed E-state index contributed by atoms with van der Waals surface area (Å²) in [5.74, 6) is 0. The van der Waals surface area contributed by atoms with Crippen molar-refractivity contribution < 1.29 is 4.79 Å². The lowest BCUT2D eigenvalue weighted by Gasteiger charge is -2.47. The smallest absolute Gasteiger partial charge is 0.210 e. The number of hydrogen-bond donors (Lipinski definition) is 1. The molecule has 2 bridgehead atoms. The van der Waals surface area contributed by atoms with E-state index >= 15 is 0 Å². The minimum atomic E-state index is 0.348. The highest BCUT2D eigenvalue weighted by atomic mass is 16.1. The lowest BCUT2D eigenvalue weighted by atomic mass is 9.73. The van der Waals surface area contributed by atoms with Crippen molar-refractivity contribution in [2.45, 2.75) is 80.9 Å². The molecule has 0 saturated carbocycles. The number of nitrogens with one attached hydrogen (secondary N) is 1. The Labute approximate surface area is 180 Å². The van der Waals surface area contributed by atoms with Crippen LogP contribution in [0.15, 0.2) is 24.3 Å². The van der Waals surface area contributed by atoms with E-state index in [2.05, 4.69) is 44.3 Å². The SMILES string of the molecule is O=CN1C2CCC1CC(N1CCC3(CC1)CN(C1CCNCC1)c1ccccc13)C2. The van der Waals surface area contributed by atoms with Gasteiger partial charge in [-0.3, -0.25) is 4.79 Å². The molecule has 2 atom stereocenters. The van der Waals surface area contributed by atoms with Gasteiger partial charge in [-0.05, 0) is 89.2 Å². The van der Waals surface area contributed by atoms with Crippen molar-refractivity contribution in [3.63, 3.8) is 0 Å². The van der Waals surface area contributed by atoms with Crippen LogP contribution in [0.4, 0.5) is 5.69 Å². The van der Waals surface area contributed by atoms with Crippen LogP contribution in [0.5, 0.6) is 0 Å². The topological polar surface area (TPSA) is 38.8 Å². The Morgan fingerprint density at radius 2 is 1.60 bits per heavy atom. The third kappa shape index (κ3) is 3.00. The minimum absolute atomic E-state index is 0.348. The number of amides is 1. The molecule has 0 aromatic heterocycles. The van der Waals surface area contributed by atoms with Crippen LogP contribution in [-0.2, 0) is 10.2 Å². The van der Waals surface area contributed by atoms with Crippen LogP contribution in [0.1, 0.15) is 56.9 Å². The van der Waals surface area contributed by atoms with Gasteiger partial charge in [0, 0.05) is 41.8 Å². The molecule has 5 aliphatic rings. The number of benzene rings is 1. The van der Waals surface area contributed by atoms with Crippen molar-refractivity contribution in [1.29, 1.82) is 0 Å². The zero-order chi connectivity index (χ0) is 20.1. The van der Waals surface area contributed by atoms with E-state index in [-0.39, 0.29) is 0 Å². The highest BCUT2D eigenvalue weighted by molar-refractivity contribution is 5.63. The Hall–Kier alpha value is -1.59. The highest BCUT2D eigenvalue weighted by Gasteiger charge is 2.48. The van der Waals surface area contributed by atoms with Crippen LogP contribution in [-0.4, -0.2) is 73.1 Å². The molecule has 30 heavy (non-hydrogen) atoms. The van der Waals surface area contributed by atoms with Crippen molar-refractivity contribution in [3.8, 4) is 0 Å². The van der Waals surface area contributed by atoms with E-state index in [0.29, 0.717) is 29.6 Å². The minimum Gasteiger partial charge on any atom is -0.367 e. The molecule has 1 aromatic rings. The van der Waals surface area contributed by atoms with Gasteiger partial charge in [-0.1, -0.05) is 18.2 Å². The first-order valence-electron chi connectivity index (χ1n) is 12.3. The fourth-order valence-electron chi connectivity index (χ4n) is 7.51. The van der Waals surface area contributed by atoms with E-state index in [1.807, 2.05) is 0 Å². The number of likely N-dealkylation sites (tertiary alicyclic amines) is 1. The van der Waals surface area contributed by atoms with Gasteiger partial charge >= 0.3 is 0 Å². The number of piperidine rings is 3. The second-order valence-electron chi connectivity index (χ2n) is 10.5. The van der Waals surface area contributed by atoms with Gasteiger partial charge in [0.05, 0.1) is 0 Å². The van der Waals surface area contributed by atoms with Crippen molar-refractivity contribution in [2.24, 2.45) is 0 Å². The Kier molecular flexibility index (Phi) is 4.80. The summed E-state index contributed by atoms with van der Waals surface area (Å²) in [7, 11) is 0. The van der Waals surface area contributed by atoms with E-state index in [1.54, 1.807) is 5.56 Å². The van der Waals surface area contributed by atoms with Crippen LogP contribution in [0.25, 0.3) is 0 Å². The maximum atomic E-state index is 11.5. The lowest BCUT2D eigenvalue weighted by Crippen LogP contribution is -2.54. The summed E-state index contributed by atoms with van der Waals surface area (Å²) in [6.45, 7) is 5.98. The van der Waals surface area contributed by atoms with Crippen LogP contribution in [0, 0.1) is 0 Å². The summed E-state index contributed by atoms with van der Waals surface area (Å²) in [6, 6.07) is 11.7. The van der Waals surface area contributed by atoms with Crippen molar-refractivity contribution in [1.82, 2.24) is 15.1 Å². The van der Waals surface area contributed by atoms with Crippen LogP contribution < -0.4 is 10.2 Å².